The summed E-state index contributed by atoms with van der Waals surface area (Å²) in [4.78, 5) is 0. The molecule has 18 heavy (non-hydrogen) atoms. The number of para-hydroxylation sites is 1. The van der Waals surface area contributed by atoms with Crippen molar-refractivity contribution in [2.24, 2.45) is 0 Å². The average molecular weight is 234 g/mol. The van der Waals surface area contributed by atoms with Crippen LogP contribution in [0.5, 0.6) is 5.75 Å². The van der Waals surface area contributed by atoms with Gasteiger partial charge in [0.25, 0.3) is 0 Å². The minimum Gasteiger partial charge on any atom is -0.488 e. The number of benzene rings is 2. The number of rotatable bonds is 3. The van der Waals surface area contributed by atoms with Crippen LogP contribution in [-0.4, -0.2) is 6.61 Å². The van der Waals surface area contributed by atoms with Crippen LogP contribution in [0.2, 0.25) is 0 Å². The van der Waals surface area contributed by atoms with Crippen LogP contribution in [0, 0.1) is 11.8 Å². The van der Waals surface area contributed by atoms with E-state index in [0.717, 1.165) is 16.9 Å². The van der Waals surface area contributed by atoms with E-state index < -0.39 is 0 Å². The molecule has 2 rings (SSSR count). The topological polar surface area (TPSA) is 9.23 Å². The summed E-state index contributed by atoms with van der Waals surface area (Å²) in [6.45, 7) is 4.31. The summed E-state index contributed by atoms with van der Waals surface area (Å²) in [5.41, 5.74) is 1.75. The average Bonchev–Trinajstić information content (AvgIpc) is 2.45. The lowest BCUT2D eigenvalue weighted by atomic mass is 10.2. The Bertz CT molecular complexity index is 559. The third-order valence-electron chi connectivity index (χ3n) is 2.31. The molecule has 0 aliphatic carbocycles. The summed E-state index contributed by atoms with van der Waals surface area (Å²) in [6, 6.07) is 19.5. The Balaban J connectivity index is 1.89. The normalized spacial score (nSPS) is 9.11. The zero-order chi connectivity index (χ0) is 12.6. The van der Waals surface area contributed by atoms with E-state index >= 15 is 0 Å². The van der Waals surface area contributed by atoms with E-state index in [9.17, 15) is 0 Å². The molecule has 1 nitrogen and oxygen atoms in total. The maximum Gasteiger partial charge on any atom is 0.120 e. The van der Waals surface area contributed by atoms with Crippen LogP contribution in [0.15, 0.2) is 72.8 Å². The second-order valence-electron chi connectivity index (χ2n) is 3.82. The van der Waals surface area contributed by atoms with Gasteiger partial charge >= 0.3 is 0 Å². The molecule has 1 heteroatoms. The largest absolute Gasteiger partial charge is 0.488 e. The first kappa shape index (κ1) is 12.0. The van der Waals surface area contributed by atoms with Gasteiger partial charge in [-0.25, -0.2) is 0 Å². The second-order valence-corrected chi connectivity index (χ2v) is 3.82. The van der Waals surface area contributed by atoms with Crippen LogP contribution in [0.4, 0.5) is 0 Å². The molecule has 0 fully saturated rings. The van der Waals surface area contributed by atoms with Crippen LogP contribution in [0.1, 0.15) is 5.56 Å². The van der Waals surface area contributed by atoms with E-state index in [2.05, 4.69) is 18.4 Å². The molecule has 0 spiro atoms. The highest BCUT2D eigenvalue weighted by atomic mass is 16.5. The van der Waals surface area contributed by atoms with Crippen molar-refractivity contribution in [1.82, 2.24) is 0 Å². The Kier molecular flexibility index (Phi) is 4.22. The van der Waals surface area contributed by atoms with Gasteiger partial charge in [0, 0.05) is 11.1 Å². The Hall–Kier alpha value is -2.46. The van der Waals surface area contributed by atoms with Crippen LogP contribution in [-0.2, 0) is 0 Å². The molecule has 0 aliphatic heterocycles. The van der Waals surface area contributed by atoms with Crippen molar-refractivity contribution in [2.45, 2.75) is 0 Å². The molecular weight excluding hydrogens is 220 g/mol. The summed E-state index contributed by atoms with van der Waals surface area (Å²) in [7, 11) is 0. The third kappa shape index (κ3) is 3.84. The van der Waals surface area contributed by atoms with E-state index in [1.54, 1.807) is 0 Å². The minimum atomic E-state index is 0.420. The summed E-state index contributed by atoms with van der Waals surface area (Å²) in [5.74, 6) is 6.88. The van der Waals surface area contributed by atoms with E-state index in [1.807, 2.05) is 60.7 Å². The van der Waals surface area contributed by atoms with Crippen molar-refractivity contribution in [3.63, 3.8) is 0 Å². The summed E-state index contributed by atoms with van der Waals surface area (Å²) >= 11 is 0. The lowest BCUT2D eigenvalue weighted by Crippen LogP contribution is -1.98. The Morgan fingerprint density at radius 2 is 1.56 bits per heavy atom. The van der Waals surface area contributed by atoms with Crippen molar-refractivity contribution in [3.05, 3.63) is 78.4 Å². The van der Waals surface area contributed by atoms with Gasteiger partial charge < -0.3 is 4.74 Å². The van der Waals surface area contributed by atoms with Gasteiger partial charge in [-0.2, -0.15) is 0 Å². The first-order valence-electron chi connectivity index (χ1n) is 5.77. The molecule has 88 valence electrons. The molecule has 0 amide bonds. The number of hydrogen-bond donors (Lipinski definition) is 0. The zero-order valence-electron chi connectivity index (χ0n) is 10.1. The van der Waals surface area contributed by atoms with Crippen LogP contribution in [0.25, 0.3) is 0 Å². The number of ether oxygens (including phenoxy) is 1. The van der Waals surface area contributed by atoms with E-state index in [4.69, 9.17) is 4.74 Å². The fourth-order valence-electron chi connectivity index (χ4n) is 1.41. The van der Waals surface area contributed by atoms with Gasteiger partial charge in [0.1, 0.15) is 12.4 Å². The molecule has 0 atom stereocenters. The molecule has 2 aromatic carbocycles. The molecule has 0 bridgehead atoms. The highest BCUT2D eigenvalue weighted by molar-refractivity contribution is 5.39. The summed E-state index contributed by atoms with van der Waals surface area (Å²) in [5, 5.41) is 0. The summed E-state index contributed by atoms with van der Waals surface area (Å²) < 4.78 is 5.55. The monoisotopic (exact) mass is 234 g/mol. The highest BCUT2D eigenvalue weighted by Gasteiger charge is 1.92. The lowest BCUT2D eigenvalue weighted by molar-refractivity contribution is 0.357. The molecule has 0 radical (unpaired) electrons. The van der Waals surface area contributed by atoms with E-state index in [0.29, 0.717) is 6.61 Å². The molecule has 0 aromatic heterocycles. The molecule has 0 aliphatic rings. The van der Waals surface area contributed by atoms with Crippen molar-refractivity contribution in [1.29, 1.82) is 0 Å². The van der Waals surface area contributed by atoms with Gasteiger partial charge in [0.2, 0.25) is 0 Å². The minimum absolute atomic E-state index is 0.420. The van der Waals surface area contributed by atoms with Gasteiger partial charge in [-0.15, -0.1) is 0 Å². The predicted octanol–water partition coefficient (Wildman–Crippen LogP) is 3.67. The number of hydrogen-bond acceptors (Lipinski definition) is 1. The molecule has 0 saturated carbocycles. The first-order chi connectivity index (χ1) is 8.84. The molecule has 0 saturated heterocycles. The molecule has 0 N–H and O–H groups in total. The quantitative estimate of drug-likeness (QED) is 0.736. The van der Waals surface area contributed by atoms with Gasteiger partial charge in [-0.3, -0.25) is 0 Å². The SMILES string of the molecule is C=C(C#Cc1ccccc1)COc1ccccc1. The molecular formula is C17H14O. The second kappa shape index (κ2) is 6.32. The standard InChI is InChI=1S/C17H14O/c1-15(12-13-16-8-4-2-5-9-16)14-18-17-10-6-3-7-11-17/h2-11H,1,14H2. The van der Waals surface area contributed by atoms with Crippen LogP contribution in [0.3, 0.4) is 0 Å². The fraction of sp³-hybridized carbons (Fsp3) is 0.0588. The van der Waals surface area contributed by atoms with Gasteiger partial charge in [0.05, 0.1) is 0 Å². The first-order valence-corrected chi connectivity index (χ1v) is 5.77. The molecule has 0 heterocycles. The Morgan fingerprint density at radius 1 is 0.944 bits per heavy atom. The smallest absolute Gasteiger partial charge is 0.120 e. The molecule has 2 aromatic rings. The maximum absolute atomic E-state index is 5.55. The van der Waals surface area contributed by atoms with Crippen LogP contribution < -0.4 is 4.74 Å². The summed E-state index contributed by atoms with van der Waals surface area (Å²) in [6.07, 6.45) is 0. The highest BCUT2D eigenvalue weighted by Crippen LogP contribution is 2.09. The van der Waals surface area contributed by atoms with Gasteiger partial charge in [0.15, 0.2) is 0 Å². The predicted molar refractivity (Wildman–Crippen MR) is 74.4 cm³/mol. The van der Waals surface area contributed by atoms with Crippen LogP contribution >= 0.6 is 0 Å². The van der Waals surface area contributed by atoms with E-state index in [1.165, 1.54) is 0 Å². The van der Waals surface area contributed by atoms with Crippen molar-refractivity contribution in [3.8, 4) is 17.6 Å². The van der Waals surface area contributed by atoms with E-state index in [-0.39, 0.29) is 0 Å². The lowest BCUT2D eigenvalue weighted by Gasteiger charge is -2.03. The molecule has 0 unspecified atom stereocenters. The van der Waals surface area contributed by atoms with Crippen molar-refractivity contribution < 1.29 is 4.74 Å². The van der Waals surface area contributed by atoms with Gasteiger partial charge in [-0.05, 0) is 24.3 Å². The Labute approximate surface area is 108 Å². The van der Waals surface area contributed by atoms with Crippen molar-refractivity contribution in [2.75, 3.05) is 6.61 Å². The third-order valence-corrected chi connectivity index (χ3v) is 2.31. The maximum atomic E-state index is 5.55. The fourth-order valence-corrected chi connectivity index (χ4v) is 1.41. The van der Waals surface area contributed by atoms with Crippen molar-refractivity contribution >= 4 is 0 Å². The Morgan fingerprint density at radius 3 is 2.22 bits per heavy atom. The van der Waals surface area contributed by atoms with Gasteiger partial charge in [-0.1, -0.05) is 54.8 Å². The zero-order valence-corrected chi connectivity index (χ0v) is 10.1.